The fourth-order valence-corrected chi connectivity index (χ4v) is 3.56. The fraction of sp³-hybridized carbons (Fsp3) is 0.143. The number of phenols is 1. The molecule has 0 aliphatic rings. The summed E-state index contributed by atoms with van der Waals surface area (Å²) >= 11 is 11.6. The highest BCUT2D eigenvalue weighted by atomic mass is 35.5. The van der Waals surface area contributed by atoms with Gasteiger partial charge in [0.15, 0.2) is 0 Å². The lowest BCUT2D eigenvalue weighted by Gasteiger charge is -2.11. The first-order valence-electron chi connectivity index (χ1n) is 6.12. The van der Waals surface area contributed by atoms with Crippen molar-refractivity contribution < 1.29 is 13.5 Å². The SMILES string of the molecule is CCc1ccc(O)c(NS(=O)(=O)c2cc(Cl)cc(Cl)c2)c1. The van der Waals surface area contributed by atoms with Crippen molar-refractivity contribution in [2.75, 3.05) is 4.72 Å². The van der Waals surface area contributed by atoms with Crippen molar-refractivity contribution in [1.82, 2.24) is 0 Å². The number of halogens is 2. The number of anilines is 1. The van der Waals surface area contributed by atoms with E-state index in [-0.39, 0.29) is 26.4 Å². The van der Waals surface area contributed by atoms with Crippen molar-refractivity contribution in [3.8, 4) is 5.75 Å². The number of sulfonamides is 1. The van der Waals surface area contributed by atoms with Crippen molar-refractivity contribution in [3.05, 3.63) is 52.0 Å². The minimum absolute atomic E-state index is 0.0682. The Bertz CT molecular complexity index is 756. The predicted octanol–water partition coefficient (Wildman–Crippen LogP) is 4.06. The number of aromatic hydroxyl groups is 1. The van der Waals surface area contributed by atoms with Gasteiger partial charge in [-0.05, 0) is 42.3 Å². The number of hydrogen-bond acceptors (Lipinski definition) is 3. The lowest BCUT2D eigenvalue weighted by Crippen LogP contribution is -2.13. The molecule has 112 valence electrons. The van der Waals surface area contributed by atoms with Crippen LogP contribution in [0.2, 0.25) is 10.0 Å². The topological polar surface area (TPSA) is 66.4 Å². The first-order chi connectivity index (χ1) is 9.81. The van der Waals surface area contributed by atoms with E-state index in [2.05, 4.69) is 4.72 Å². The molecule has 0 radical (unpaired) electrons. The molecule has 0 unspecified atom stereocenters. The molecule has 0 aliphatic heterocycles. The van der Waals surface area contributed by atoms with E-state index < -0.39 is 10.0 Å². The molecule has 7 heteroatoms. The van der Waals surface area contributed by atoms with Gasteiger partial charge in [-0.15, -0.1) is 0 Å². The molecule has 0 bridgehead atoms. The molecule has 0 saturated heterocycles. The summed E-state index contributed by atoms with van der Waals surface area (Å²) in [5, 5.41) is 10.2. The number of nitrogens with one attached hydrogen (secondary N) is 1. The van der Waals surface area contributed by atoms with Gasteiger partial charge in [-0.1, -0.05) is 36.2 Å². The van der Waals surface area contributed by atoms with Crippen molar-refractivity contribution in [1.29, 1.82) is 0 Å². The fourth-order valence-electron chi connectivity index (χ4n) is 1.77. The standard InChI is InChI=1S/C14H13Cl2NO3S/c1-2-9-3-4-14(18)13(5-9)17-21(19,20)12-7-10(15)6-11(16)8-12/h3-8,17-18H,2H2,1H3. The minimum Gasteiger partial charge on any atom is -0.506 e. The van der Waals surface area contributed by atoms with Gasteiger partial charge >= 0.3 is 0 Å². The second-order valence-electron chi connectivity index (χ2n) is 4.42. The van der Waals surface area contributed by atoms with Crippen LogP contribution >= 0.6 is 23.2 Å². The van der Waals surface area contributed by atoms with Gasteiger partial charge in [0, 0.05) is 10.0 Å². The van der Waals surface area contributed by atoms with Crippen LogP contribution in [-0.4, -0.2) is 13.5 Å². The molecule has 0 spiro atoms. The summed E-state index contributed by atoms with van der Waals surface area (Å²) in [6, 6.07) is 8.77. The summed E-state index contributed by atoms with van der Waals surface area (Å²) in [6.45, 7) is 1.93. The molecule has 0 amide bonds. The Morgan fingerprint density at radius 2 is 1.71 bits per heavy atom. The molecule has 0 aromatic heterocycles. The van der Waals surface area contributed by atoms with E-state index in [9.17, 15) is 13.5 Å². The van der Waals surface area contributed by atoms with Crippen LogP contribution in [0.4, 0.5) is 5.69 Å². The van der Waals surface area contributed by atoms with Gasteiger partial charge in [0.25, 0.3) is 10.0 Å². The highest BCUT2D eigenvalue weighted by molar-refractivity contribution is 7.92. The number of rotatable bonds is 4. The Kier molecular flexibility index (Phi) is 4.66. The van der Waals surface area contributed by atoms with Crippen LogP contribution in [0.1, 0.15) is 12.5 Å². The molecule has 0 heterocycles. The summed E-state index contributed by atoms with van der Waals surface area (Å²) in [7, 11) is -3.88. The molecule has 2 rings (SSSR count). The van der Waals surface area contributed by atoms with E-state index in [0.717, 1.165) is 12.0 Å². The molecule has 0 fully saturated rings. The van der Waals surface area contributed by atoms with Crippen LogP contribution in [0.25, 0.3) is 0 Å². The Morgan fingerprint density at radius 3 is 2.29 bits per heavy atom. The average Bonchev–Trinajstić information content (AvgIpc) is 2.40. The van der Waals surface area contributed by atoms with E-state index in [1.54, 1.807) is 12.1 Å². The normalized spacial score (nSPS) is 11.4. The quantitative estimate of drug-likeness (QED) is 0.821. The van der Waals surface area contributed by atoms with Crippen molar-refractivity contribution >= 4 is 38.9 Å². The lowest BCUT2D eigenvalue weighted by atomic mass is 10.1. The Hall–Kier alpha value is -1.43. The average molecular weight is 346 g/mol. The zero-order valence-electron chi connectivity index (χ0n) is 11.1. The molecular formula is C14H13Cl2NO3S. The van der Waals surface area contributed by atoms with Crippen LogP contribution < -0.4 is 4.72 Å². The summed E-state index contributed by atoms with van der Waals surface area (Å²) in [6.07, 6.45) is 0.720. The van der Waals surface area contributed by atoms with Crippen molar-refractivity contribution in [2.24, 2.45) is 0 Å². The zero-order valence-corrected chi connectivity index (χ0v) is 13.4. The first kappa shape index (κ1) is 15.9. The third kappa shape index (κ3) is 3.81. The Morgan fingerprint density at radius 1 is 1.10 bits per heavy atom. The minimum atomic E-state index is -3.88. The third-order valence-corrected chi connectivity index (χ3v) is 4.64. The molecule has 0 atom stereocenters. The maximum Gasteiger partial charge on any atom is 0.262 e. The summed E-state index contributed by atoms with van der Waals surface area (Å²) in [5.41, 5.74) is 1.01. The van der Waals surface area contributed by atoms with Gasteiger partial charge in [-0.2, -0.15) is 0 Å². The van der Waals surface area contributed by atoms with Gasteiger partial charge in [0.1, 0.15) is 5.75 Å². The molecule has 2 aromatic rings. The number of hydrogen-bond donors (Lipinski definition) is 2. The third-order valence-electron chi connectivity index (χ3n) is 2.86. The van der Waals surface area contributed by atoms with Crippen LogP contribution in [0.5, 0.6) is 5.75 Å². The van der Waals surface area contributed by atoms with E-state index in [1.165, 1.54) is 24.3 Å². The molecule has 2 aromatic carbocycles. The molecule has 21 heavy (non-hydrogen) atoms. The van der Waals surface area contributed by atoms with E-state index in [0.29, 0.717) is 0 Å². The number of aryl methyl sites for hydroxylation is 1. The smallest absolute Gasteiger partial charge is 0.262 e. The second-order valence-corrected chi connectivity index (χ2v) is 6.97. The monoisotopic (exact) mass is 345 g/mol. The highest BCUT2D eigenvalue weighted by Crippen LogP contribution is 2.29. The van der Waals surface area contributed by atoms with E-state index in [4.69, 9.17) is 23.2 Å². The van der Waals surface area contributed by atoms with Gasteiger partial charge < -0.3 is 5.11 Å². The van der Waals surface area contributed by atoms with Gasteiger partial charge in [-0.25, -0.2) is 8.42 Å². The largest absolute Gasteiger partial charge is 0.506 e. The second kappa shape index (κ2) is 6.13. The molecular weight excluding hydrogens is 333 g/mol. The molecule has 4 nitrogen and oxygen atoms in total. The van der Waals surface area contributed by atoms with Crippen LogP contribution in [0.3, 0.4) is 0 Å². The van der Waals surface area contributed by atoms with Crippen molar-refractivity contribution in [2.45, 2.75) is 18.2 Å². The van der Waals surface area contributed by atoms with Gasteiger partial charge in [0.2, 0.25) is 0 Å². The highest BCUT2D eigenvalue weighted by Gasteiger charge is 2.17. The van der Waals surface area contributed by atoms with E-state index >= 15 is 0 Å². The van der Waals surface area contributed by atoms with Crippen LogP contribution in [-0.2, 0) is 16.4 Å². The van der Waals surface area contributed by atoms with Gasteiger partial charge in [0.05, 0.1) is 10.6 Å². The van der Waals surface area contributed by atoms with E-state index in [1.807, 2.05) is 6.92 Å². The van der Waals surface area contributed by atoms with Crippen molar-refractivity contribution in [3.63, 3.8) is 0 Å². The summed E-state index contributed by atoms with van der Waals surface area (Å²) < 4.78 is 27.0. The van der Waals surface area contributed by atoms with Crippen LogP contribution in [0.15, 0.2) is 41.3 Å². The first-order valence-corrected chi connectivity index (χ1v) is 8.36. The lowest BCUT2D eigenvalue weighted by molar-refractivity contribution is 0.477. The number of benzene rings is 2. The summed E-state index contributed by atoms with van der Waals surface area (Å²) in [5.74, 6) is -0.149. The number of phenolic OH excluding ortho intramolecular Hbond substituents is 1. The zero-order chi connectivity index (χ0) is 15.6. The Balaban J connectivity index is 2.41. The molecule has 0 saturated carbocycles. The summed E-state index contributed by atoms with van der Waals surface area (Å²) in [4.78, 5) is -0.0682. The maximum absolute atomic E-state index is 12.3. The Labute approximate surface area is 133 Å². The maximum atomic E-state index is 12.3. The predicted molar refractivity (Wildman–Crippen MR) is 84.8 cm³/mol. The molecule has 0 aliphatic carbocycles. The molecule has 2 N–H and O–H groups in total. The van der Waals surface area contributed by atoms with Crippen LogP contribution in [0, 0.1) is 0 Å². The van der Waals surface area contributed by atoms with Gasteiger partial charge in [-0.3, -0.25) is 4.72 Å².